The van der Waals surface area contributed by atoms with E-state index in [-0.39, 0.29) is 11.5 Å². The third-order valence-electron chi connectivity index (χ3n) is 2.38. The largest absolute Gasteiger partial charge is 0.631 e. The molecule has 0 amide bonds. The quantitative estimate of drug-likeness (QED) is 0.332. The van der Waals surface area contributed by atoms with Crippen molar-refractivity contribution in [1.82, 2.24) is 0 Å². The molecule has 3 N–H and O–H groups in total. The van der Waals surface area contributed by atoms with Gasteiger partial charge in [-0.3, -0.25) is 14.9 Å². The van der Waals surface area contributed by atoms with E-state index in [1.54, 1.807) is 24.3 Å². The highest BCUT2D eigenvalue weighted by Gasteiger charge is 2.10. The van der Waals surface area contributed by atoms with E-state index in [0.29, 0.717) is 11.1 Å². The van der Waals surface area contributed by atoms with Crippen LogP contribution < -0.4 is 0 Å². The number of nitro benzene ring substituents is 1. The number of carbonyl (C=O) groups excluding carboxylic acids is 1. The fraction of sp³-hybridized carbons (Fsp3) is 0. The van der Waals surface area contributed by atoms with E-state index in [9.17, 15) is 14.9 Å². The number of nitrogens with zero attached hydrogens (tertiary/aromatic N) is 1. The summed E-state index contributed by atoms with van der Waals surface area (Å²) in [6.45, 7) is 0. The highest BCUT2D eigenvalue weighted by molar-refractivity contribution is 6.30. The highest BCUT2D eigenvalue weighted by atomic mass is 16.6. The molecule has 0 unspecified atom stereocenters. The predicted molar refractivity (Wildman–Crippen MR) is 75.4 cm³/mol. The predicted octanol–water partition coefficient (Wildman–Crippen LogP) is 0.774. The highest BCUT2D eigenvalue weighted by Crippen LogP contribution is 2.15. The third kappa shape index (κ3) is 5.53. The van der Waals surface area contributed by atoms with Crippen LogP contribution in [0.15, 0.2) is 54.6 Å². The van der Waals surface area contributed by atoms with E-state index in [1.165, 1.54) is 24.3 Å². The molecule has 8 heteroatoms. The molecule has 2 rings (SSSR count). The number of hydrogen-bond donors (Lipinski definition) is 3. The first kappa shape index (κ1) is 16.5. The van der Waals surface area contributed by atoms with E-state index >= 15 is 0 Å². The topological polar surface area (TPSA) is 121 Å². The average Bonchev–Trinajstić information content (AvgIpc) is 2.47. The molecule has 108 valence electrons. The number of rotatable bonds is 3. The molecule has 0 spiro atoms. The second-order valence-corrected chi connectivity index (χ2v) is 3.85. The van der Waals surface area contributed by atoms with Crippen LogP contribution in [-0.4, -0.2) is 33.1 Å². The van der Waals surface area contributed by atoms with Crippen molar-refractivity contribution < 1.29 is 24.8 Å². The molecule has 0 radical (unpaired) electrons. The molecule has 21 heavy (non-hydrogen) atoms. The van der Waals surface area contributed by atoms with E-state index in [4.69, 9.17) is 15.1 Å². The molecular formula is C13H12BNO6. The number of carbonyl (C=O) groups is 1. The molecule has 0 aliphatic rings. The summed E-state index contributed by atoms with van der Waals surface area (Å²) < 4.78 is 0. The maximum absolute atomic E-state index is 12.0. The van der Waals surface area contributed by atoms with Crippen molar-refractivity contribution in [3.63, 3.8) is 0 Å². The van der Waals surface area contributed by atoms with E-state index in [0.717, 1.165) is 0 Å². The van der Waals surface area contributed by atoms with Crippen LogP contribution >= 0.6 is 0 Å². The minimum Gasteiger partial charge on any atom is -0.402 e. The summed E-state index contributed by atoms with van der Waals surface area (Å²) in [5.74, 6) is -0.138. The van der Waals surface area contributed by atoms with Gasteiger partial charge in [-0.15, -0.1) is 0 Å². The molecule has 0 saturated heterocycles. The Balaban J connectivity index is 0.000000491. The SMILES string of the molecule is O=C(c1ccccc1)c1ccc([N+](=O)[O-])cc1.OB(O)O. The van der Waals surface area contributed by atoms with Gasteiger partial charge in [0, 0.05) is 23.3 Å². The van der Waals surface area contributed by atoms with Gasteiger partial charge in [-0.05, 0) is 12.1 Å². The van der Waals surface area contributed by atoms with Gasteiger partial charge < -0.3 is 15.1 Å². The summed E-state index contributed by atoms with van der Waals surface area (Å²) >= 11 is 0. The fourth-order valence-electron chi connectivity index (χ4n) is 1.49. The Bertz CT molecular complexity index is 597. The molecule has 0 aromatic heterocycles. The van der Waals surface area contributed by atoms with Gasteiger partial charge in [0.15, 0.2) is 5.78 Å². The van der Waals surface area contributed by atoms with Crippen LogP contribution in [0.2, 0.25) is 0 Å². The van der Waals surface area contributed by atoms with Gasteiger partial charge in [0.05, 0.1) is 4.92 Å². The Morgan fingerprint density at radius 3 is 1.76 bits per heavy atom. The summed E-state index contributed by atoms with van der Waals surface area (Å²) in [5, 5.41) is 32.0. The summed E-state index contributed by atoms with van der Waals surface area (Å²) in [4.78, 5) is 21.9. The first-order chi connectivity index (χ1) is 9.91. The Morgan fingerprint density at radius 1 is 0.905 bits per heavy atom. The maximum atomic E-state index is 12.0. The van der Waals surface area contributed by atoms with E-state index in [1.807, 2.05) is 6.07 Å². The smallest absolute Gasteiger partial charge is 0.402 e. The third-order valence-corrected chi connectivity index (χ3v) is 2.38. The minimum atomic E-state index is -2.17. The molecule has 2 aromatic rings. The average molecular weight is 289 g/mol. The zero-order chi connectivity index (χ0) is 15.8. The van der Waals surface area contributed by atoms with Crippen LogP contribution in [0.1, 0.15) is 15.9 Å². The van der Waals surface area contributed by atoms with Gasteiger partial charge in [-0.1, -0.05) is 30.3 Å². The normalized spacial score (nSPS) is 9.29. The van der Waals surface area contributed by atoms with Crippen molar-refractivity contribution >= 4 is 18.8 Å². The minimum absolute atomic E-state index is 0.0189. The van der Waals surface area contributed by atoms with Gasteiger partial charge in [0.1, 0.15) is 0 Å². The summed E-state index contributed by atoms with van der Waals surface area (Å²) in [7, 11) is -2.17. The number of nitro groups is 1. The molecule has 0 fully saturated rings. The second-order valence-electron chi connectivity index (χ2n) is 3.85. The number of non-ortho nitro benzene ring substituents is 1. The Hall–Kier alpha value is -2.55. The molecular weight excluding hydrogens is 277 g/mol. The van der Waals surface area contributed by atoms with Crippen molar-refractivity contribution in [3.8, 4) is 0 Å². The van der Waals surface area contributed by atoms with E-state index < -0.39 is 12.2 Å². The summed E-state index contributed by atoms with van der Waals surface area (Å²) in [5.41, 5.74) is 0.998. The molecule has 2 aromatic carbocycles. The standard InChI is InChI=1S/C13H9NO3.BH3O3/c15-13(10-4-2-1-3-5-10)11-6-8-12(9-7-11)14(16)17;2-1(3)4/h1-9H;2-4H. The van der Waals surface area contributed by atoms with Crippen molar-refractivity contribution in [2.24, 2.45) is 0 Å². The molecule has 0 bridgehead atoms. The van der Waals surface area contributed by atoms with E-state index in [2.05, 4.69) is 0 Å². The van der Waals surface area contributed by atoms with Crippen LogP contribution in [0.5, 0.6) is 0 Å². The maximum Gasteiger partial charge on any atom is 0.631 e. The monoisotopic (exact) mass is 289 g/mol. The van der Waals surface area contributed by atoms with Crippen molar-refractivity contribution in [2.45, 2.75) is 0 Å². The van der Waals surface area contributed by atoms with Crippen molar-refractivity contribution in [3.05, 3.63) is 75.8 Å². The van der Waals surface area contributed by atoms with Crippen molar-refractivity contribution in [2.75, 3.05) is 0 Å². The Labute approximate surface area is 120 Å². The zero-order valence-corrected chi connectivity index (χ0v) is 10.8. The molecule has 0 heterocycles. The van der Waals surface area contributed by atoms with Gasteiger partial charge in [0.2, 0.25) is 0 Å². The van der Waals surface area contributed by atoms with Crippen LogP contribution in [0.3, 0.4) is 0 Å². The zero-order valence-electron chi connectivity index (χ0n) is 10.8. The lowest BCUT2D eigenvalue weighted by atomic mass is 10.0. The van der Waals surface area contributed by atoms with Gasteiger partial charge in [0.25, 0.3) is 5.69 Å². The summed E-state index contributed by atoms with van der Waals surface area (Å²) in [6.07, 6.45) is 0. The van der Waals surface area contributed by atoms with Crippen LogP contribution in [0, 0.1) is 10.1 Å². The van der Waals surface area contributed by atoms with Gasteiger partial charge in [-0.25, -0.2) is 0 Å². The fourth-order valence-corrected chi connectivity index (χ4v) is 1.49. The Kier molecular flexibility index (Phi) is 6.21. The molecule has 7 nitrogen and oxygen atoms in total. The molecule has 0 aliphatic heterocycles. The Morgan fingerprint density at radius 2 is 1.33 bits per heavy atom. The lowest BCUT2D eigenvalue weighted by Gasteiger charge is -2.00. The van der Waals surface area contributed by atoms with Crippen LogP contribution in [0.4, 0.5) is 5.69 Å². The van der Waals surface area contributed by atoms with Crippen LogP contribution in [-0.2, 0) is 0 Å². The lowest BCUT2D eigenvalue weighted by Crippen LogP contribution is -2.07. The van der Waals surface area contributed by atoms with Gasteiger partial charge in [-0.2, -0.15) is 0 Å². The molecule has 0 atom stereocenters. The number of ketones is 1. The lowest BCUT2D eigenvalue weighted by molar-refractivity contribution is -0.384. The van der Waals surface area contributed by atoms with Crippen LogP contribution in [0.25, 0.3) is 0 Å². The first-order valence-electron chi connectivity index (χ1n) is 5.80. The van der Waals surface area contributed by atoms with Crippen molar-refractivity contribution in [1.29, 1.82) is 0 Å². The second kappa shape index (κ2) is 7.90. The summed E-state index contributed by atoms with van der Waals surface area (Å²) in [6, 6.07) is 14.4. The van der Waals surface area contributed by atoms with Gasteiger partial charge >= 0.3 is 7.32 Å². The molecule has 0 aliphatic carbocycles. The number of hydrogen-bond acceptors (Lipinski definition) is 6. The first-order valence-corrected chi connectivity index (χ1v) is 5.80. The molecule has 0 saturated carbocycles. The number of benzene rings is 2.